The molecule has 1 aliphatic heterocycles. The average molecular weight is 474 g/mol. The van der Waals surface area contributed by atoms with Crippen molar-refractivity contribution >= 4 is 41.4 Å². The Morgan fingerprint density at radius 2 is 1.78 bits per heavy atom. The molecule has 0 aromatic rings. The predicted molar refractivity (Wildman–Crippen MR) is 123 cm³/mol. The lowest BCUT2D eigenvalue weighted by atomic mass is 10.1. The first-order valence-electron chi connectivity index (χ1n) is 10.6. The number of aliphatic carboxylic acids is 1. The van der Waals surface area contributed by atoms with E-state index in [4.69, 9.17) is 16.6 Å². The van der Waals surface area contributed by atoms with Gasteiger partial charge in [-0.15, -0.1) is 0 Å². The van der Waals surface area contributed by atoms with Crippen LogP contribution in [0.2, 0.25) is 0 Å². The number of hydrogen-bond donors (Lipinski definition) is 7. The molecule has 182 valence electrons. The summed E-state index contributed by atoms with van der Waals surface area (Å²) in [6, 6.07) is -3.28. The lowest BCUT2D eigenvalue weighted by Crippen LogP contribution is -2.56. The molecule has 0 spiro atoms. The lowest BCUT2D eigenvalue weighted by molar-refractivity contribution is -0.141. The summed E-state index contributed by atoms with van der Waals surface area (Å²) in [5.74, 6) is -2.06. The number of aliphatic imine (C=N–C) groups is 1. The fourth-order valence-electron chi connectivity index (χ4n) is 3.11. The smallest absolute Gasteiger partial charge is 0.325 e. The third kappa shape index (κ3) is 10.2. The molecule has 9 N–H and O–H groups in total. The zero-order valence-electron chi connectivity index (χ0n) is 18.6. The number of nitrogens with zero attached hydrogens (tertiary/aromatic N) is 1. The van der Waals surface area contributed by atoms with Crippen LogP contribution in [0.4, 0.5) is 0 Å². The molecule has 0 bridgehead atoms. The molecule has 4 unspecified atom stereocenters. The highest BCUT2D eigenvalue weighted by molar-refractivity contribution is 7.98. The van der Waals surface area contributed by atoms with Gasteiger partial charge >= 0.3 is 5.97 Å². The Morgan fingerprint density at radius 3 is 2.34 bits per heavy atom. The summed E-state index contributed by atoms with van der Waals surface area (Å²) in [4.78, 5) is 53.0. The topological polar surface area (TPSA) is 201 Å². The molecule has 1 fully saturated rings. The van der Waals surface area contributed by atoms with Crippen molar-refractivity contribution in [2.24, 2.45) is 16.5 Å². The number of carbonyl (C=O) groups excluding carboxylic acids is 3. The van der Waals surface area contributed by atoms with Gasteiger partial charge in [-0.1, -0.05) is 0 Å². The molecule has 0 aromatic heterocycles. The van der Waals surface area contributed by atoms with E-state index in [9.17, 15) is 19.2 Å². The molecule has 1 rings (SSSR count). The van der Waals surface area contributed by atoms with Crippen LogP contribution in [0.1, 0.15) is 39.0 Å². The van der Waals surface area contributed by atoms with Crippen molar-refractivity contribution in [3.05, 3.63) is 0 Å². The first kappa shape index (κ1) is 27.5. The Labute approximate surface area is 192 Å². The summed E-state index contributed by atoms with van der Waals surface area (Å²) in [5, 5.41) is 19.9. The van der Waals surface area contributed by atoms with Gasteiger partial charge in [0.1, 0.15) is 18.1 Å². The van der Waals surface area contributed by atoms with E-state index in [0.717, 1.165) is 13.0 Å². The van der Waals surface area contributed by atoms with E-state index in [-0.39, 0.29) is 30.9 Å². The first-order chi connectivity index (χ1) is 15.1. The van der Waals surface area contributed by atoms with Crippen LogP contribution >= 0.6 is 11.8 Å². The lowest BCUT2D eigenvalue weighted by Gasteiger charge is -2.24. The minimum atomic E-state index is -1.18. The fourth-order valence-corrected chi connectivity index (χ4v) is 3.58. The Kier molecular flexibility index (Phi) is 12.5. The van der Waals surface area contributed by atoms with Crippen LogP contribution in [0.5, 0.6) is 0 Å². The minimum absolute atomic E-state index is 0.0634. The summed E-state index contributed by atoms with van der Waals surface area (Å²) in [6.45, 7) is 2.36. The van der Waals surface area contributed by atoms with Crippen molar-refractivity contribution in [3.8, 4) is 0 Å². The van der Waals surface area contributed by atoms with Crippen molar-refractivity contribution in [2.45, 2.75) is 63.2 Å². The molecule has 1 heterocycles. The van der Waals surface area contributed by atoms with Crippen molar-refractivity contribution < 1.29 is 24.3 Å². The number of carbonyl (C=O) groups is 4. The van der Waals surface area contributed by atoms with Crippen LogP contribution in [0, 0.1) is 0 Å². The zero-order valence-corrected chi connectivity index (χ0v) is 19.4. The molecule has 0 radical (unpaired) electrons. The highest BCUT2D eigenvalue weighted by Gasteiger charge is 2.30. The Bertz CT molecular complexity index is 681. The summed E-state index contributed by atoms with van der Waals surface area (Å²) < 4.78 is 0. The molecule has 1 aliphatic rings. The molecule has 13 heteroatoms. The molecule has 0 saturated carbocycles. The zero-order chi connectivity index (χ0) is 24.1. The molecule has 1 saturated heterocycles. The van der Waals surface area contributed by atoms with Crippen LogP contribution in [0.3, 0.4) is 0 Å². The number of hydrogen-bond acceptors (Lipinski definition) is 7. The van der Waals surface area contributed by atoms with E-state index in [1.807, 2.05) is 6.26 Å². The summed E-state index contributed by atoms with van der Waals surface area (Å²) >= 11 is 1.49. The molecule has 4 atom stereocenters. The van der Waals surface area contributed by atoms with Gasteiger partial charge in [0.2, 0.25) is 17.7 Å². The average Bonchev–Trinajstić information content (AvgIpc) is 3.27. The second-order valence-electron chi connectivity index (χ2n) is 7.57. The number of nitrogens with two attached hydrogens (primary N) is 2. The van der Waals surface area contributed by atoms with Crippen molar-refractivity contribution in [3.63, 3.8) is 0 Å². The largest absolute Gasteiger partial charge is 0.480 e. The van der Waals surface area contributed by atoms with Gasteiger partial charge in [-0.25, -0.2) is 0 Å². The van der Waals surface area contributed by atoms with Gasteiger partial charge in [0.25, 0.3) is 0 Å². The number of nitrogens with one attached hydrogen (secondary N) is 4. The second-order valence-corrected chi connectivity index (χ2v) is 8.56. The Morgan fingerprint density at radius 1 is 1.12 bits per heavy atom. The van der Waals surface area contributed by atoms with Crippen LogP contribution in [0.15, 0.2) is 4.99 Å². The van der Waals surface area contributed by atoms with E-state index in [1.165, 1.54) is 18.7 Å². The SMILES string of the molecule is CSCCC(NC(=O)C(CCCN=C(N)N)NC(=O)C1CCCN1)C(=O)NC(C)C(=O)O. The molecule has 32 heavy (non-hydrogen) atoms. The molecular formula is C19H35N7O5S. The summed E-state index contributed by atoms with van der Waals surface area (Å²) in [6.07, 6.45) is 4.43. The molecule has 0 aromatic carbocycles. The van der Waals surface area contributed by atoms with Crippen LogP contribution < -0.4 is 32.7 Å². The maximum absolute atomic E-state index is 13.0. The van der Waals surface area contributed by atoms with Gasteiger partial charge in [-0.2, -0.15) is 11.8 Å². The Hall–Kier alpha value is -2.54. The maximum Gasteiger partial charge on any atom is 0.325 e. The van der Waals surface area contributed by atoms with Crippen molar-refractivity contribution in [1.82, 2.24) is 21.3 Å². The van der Waals surface area contributed by atoms with Crippen LogP contribution in [-0.2, 0) is 19.2 Å². The molecule has 3 amide bonds. The van der Waals surface area contributed by atoms with E-state index in [0.29, 0.717) is 25.0 Å². The van der Waals surface area contributed by atoms with Crippen molar-refractivity contribution in [1.29, 1.82) is 0 Å². The molecule has 12 nitrogen and oxygen atoms in total. The summed E-state index contributed by atoms with van der Waals surface area (Å²) in [7, 11) is 0. The monoisotopic (exact) mass is 473 g/mol. The standard InChI is InChI=1S/C19H35N7O5S/c1-11(18(30)31)24-16(28)14(7-10-32-2)26-17(29)13(6-4-9-23-19(20)21)25-15(27)12-5-3-8-22-12/h11-14,22H,3-10H2,1-2H3,(H,24,28)(H,25,27)(H,26,29)(H,30,31)(H4,20,21,23). The molecular weight excluding hydrogens is 438 g/mol. The fraction of sp³-hybridized carbons (Fsp3) is 0.737. The second kappa shape index (κ2) is 14.5. The first-order valence-corrected chi connectivity index (χ1v) is 12.0. The number of thioether (sulfide) groups is 1. The van der Waals surface area contributed by atoms with Gasteiger partial charge in [0.05, 0.1) is 6.04 Å². The quantitative estimate of drug-likeness (QED) is 0.0855. The Balaban J connectivity index is 2.85. The van der Waals surface area contributed by atoms with Crippen LogP contribution in [0.25, 0.3) is 0 Å². The number of amides is 3. The highest BCUT2D eigenvalue weighted by Crippen LogP contribution is 2.08. The number of guanidine groups is 1. The van der Waals surface area contributed by atoms with Gasteiger partial charge in [-0.05, 0) is 57.6 Å². The van der Waals surface area contributed by atoms with Gasteiger partial charge in [0, 0.05) is 6.54 Å². The maximum atomic E-state index is 13.0. The summed E-state index contributed by atoms with van der Waals surface area (Å²) in [5.41, 5.74) is 10.6. The normalized spacial score (nSPS) is 18.1. The van der Waals surface area contributed by atoms with Gasteiger partial charge in [-0.3, -0.25) is 24.2 Å². The van der Waals surface area contributed by atoms with Gasteiger partial charge < -0.3 is 37.8 Å². The van der Waals surface area contributed by atoms with Crippen molar-refractivity contribution in [2.75, 3.05) is 25.1 Å². The van der Waals surface area contributed by atoms with Gasteiger partial charge in [0.15, 0.2) is 5.96 Å². The van der Waals surface area contributed by atoms with E-state index < -0.39 is 35.9 Å². The minimum Gasteiger partial charge on any atom is -0.480 e. The number of carboxylic acids is 1. The third-order valence-corrected chi connectivity index (χ3v) is 5.57. The molecule has 0 aliphatic carbocycles. The predicted octanol–water partition coefficient (Wildman–Crippen LogP) is -1.90. The van der Waals surface area contributed by atoms with E-state index in [2.05, 4.69) is 26.3 Å². The van der Waals surface area contributed by atoms with Crippen LogP contribution in [-0.4, -0.2) is 84.0 Å². The number of rotatable bonds is 14. The van der Waals surface area contributed by atoms with E-state index in [1.54, 1.807) is 0 Å². The van der Waals surface area contributed by atoms with E-state index >= 15 is 0 Å². The highest BCUT2D eigenvalue weighted by atomic mass is 32.2. The number of carboxylic acid groups (broad SMARTS) is 1. The third-order valence-electron chi connectivity index (χ3n) is 4.93.